The van der Waals surface area contributed by atoms with Gasteiger partial charge in [0.1, 0.15) is 0 Å². The number of hydrogen-bond acceptors (Lipinski definition) is 4. The van der Waals surface area contributed by atoms with Gasteiger partial charge in [0.2, 0.25) is 0 Å². The minimum absolute atomic E-state index is 0.366. The zero-order valence-electron chi connectivity index (χ0n) is 10.8. The van der Waals surface area contributed by atoms with Gasteiger partial charge in [-0.1, -0.05) is 13.8 Å². The van der Waals surface area contributed by atoms with E-state index in [1.807, 2.05) is 0 Å². The molecule has 0 bridgehead atoms. The molecule has 3 N–H and O–H groups in total. The van der Waals surface area contributed by atoms with Gasteiger partial charge in [-0.3, -0.25) is 0 Å². The van der Waals surface area contributed by atoms with Gasteiger partial charge in [0.05, 0.1) is 18.8 Å². The van der Waals surface area contributed by atoms with Crippen LogP contribution in [-0.2, 0) is 4.74 Å². The molecule has 2 unspecified atom stereocenters. The Kier molecular flexibility index (Phi) is 9.92. The summed E-state index contributed by atoms with van der Waals surface area (Å²) in [6.45, 7) is 8.14. The Bertz CT molecular complexity index is 151. The molecular weight excluding hydrogens is 206 g/mol. The highest BCUT2D eigenvalue weighted by Crippen LogP contribution is 2.03. The zero-order chi connectivity index (χ0) is 12.4. The lowest BCUT2D eigenvalue weighted by atomic mass is 10.1. The predicted octanol–water partition coefficient (Wildman–Crippen LogP) is 0.770. The Morgan fingerprint density at radius 1 is 1.12 bits per heavy atom. The van der Waals surface area contributed by atoms with Gasteiger partial charge in [0, 0.05) is 19.7 Å². The van der Waals surface area contributed by atoms with Crippen LogP contribution < -0.4 is 5.32 Å². The first-order valence-electron chi connectivity index (χ1n) is 6.17. The summed E-state index contributed by atoms with van der Waals surface area (Å²) in [7, 11) is 0. The molecule has 0 aliphatic heterocycles. The fourth-order valence-corrected chi connectivity index (χ4v) is 1.33. The summed E-state index contributed by atoms with van der Waals surface area (Å²) in [6.07, 6.45) is 1.35. The van der Waals surface area contributed by atoms with E-state index >= 15 is 0 Å². The van der Waals surface area contributed by atoms with Crippen LogP contribution in [0.3, 0.4) is 0 Å². The number of hydrogen-bond donors (Lipinski definition) is 3. The molecular formula is C12H27NO3. The van der Waals surface area contributed by atoms with E-state index in [2.05, 4.69) is 19.2 Å². The van der Waals surface area contributed by atoms with Crippen LogP contribution in [0.2, 0.25) is 0 Å². The summed E-state index contributed by atoms with van der Waals surface area (Å²) in [5, 5.41) is 21.5. The average molecular weight is 233 g/mol. The van der Waals surface area contributed by atoms with Crippen LogP contribution in [0.15, 0.2) is 0 Å². The summed E-state index contributed by atoms with van der Waals surface area (Å²) in [4.78, 5) is 0. The van der Waals surface area contributed by atoms with Gasteiger partial charge in [-0.15, -0.1) is 0 Å². The largest absolute Gasteiger partial charge is 0.392 e. The molecule has 0 aliphatic carbocycles. The highest BCUT2D eigenvalue weighted by Gasteiger charge is 2.04. The van der Waals surface area contributed by atoms with Gasteiger partial charge >= 0.3 is 0 Å². The van der Waals surface area contributed by atoms with E-state index in [9.17, 15) is 5.11 Å². The van der Waals surface area contributed by atoms with Crippen LogP contribution in [-0.4, -0.2) is 48.7 Å². The van der Waals surface area contributed by atoms with Crippen LogP contribution in [0.25, 0.3) is 0 Å². The fourth-order valence-electron chi connectivity index (χ4n) is 1.33. The van der Waals surface area contributed by atoms with Crippen molar-refractivity contribution in [3.63, 3.8) is 0 Å². The summed E-state index contributed by atoms with van der Waals surface area (Å²) < 4.78 is 5.35. The monoisotopic (exact) mass is 233 g/mol. The van der Waals surface area contributed by atoms with Gasteiger partial charge in [0.25, 0.3) is 0 Å². The molecule has 0 aromatic carbocycles. The molecule has 16 heavy (non-hydrogen) atoms. The highest BCUT2D eigenvalue weighted by molar-refractivity contribution is 4.60. The fraction of sp³-hybridized carbons (Fsp3) is 1.00. The standard InChI is InChI=1S/C12H27NO3/c1-10(2)5-4-6-16-9-12(15)8-13-7-11(3)14/h10-15H,4-9H2,1-3H3. The summed E-state index contributed by atoms with van der Waals surface area (Å²) in [5.74, 6) is 0.709. The minimum atomic E-state index is -0.488. The summed E-state index contributed by atoms with van der Waals surface area (Å²) in [6, 6.07) is 0. The molecule has 4 nitrogen and oxygen atoms in total. The average Bonchev–Trinajstić information content (AvgIpc) is 2.16. The second-order valence-corrected chi connectivity index (χ2v) is 4.77. The Hall–Kier alpha value is -0.160. The second kappa shape index (κ2) is 10.0. The summed E-state index contributed by atoms with van der Waals surface area (Å²) >= 11 is 0. The quantitative estimate of drug-likeness (QED) is 0.488. The molecule has 0 aromatic heterocycles. The van der Waals surface area contributed by atoms with Crippen LogP contribution in [0.1, 0.15) is 33.6 Å². The van der Waals surface area contributed by atoms with Crippen molar-refractivity contribution < 1.29 is 14.9 Å². The van der Waals surface area contributed by atoms with E-state index in [1.54, 1.807) is 6.92 Å². The van der Waals surface area contributed by atoms with E-state index in [0.717, 1.165) is 12.8 Å². The van der Waals surface area contributed by atoms with Crippen molar-refractivity contribution in [1.82, 2.24) is 5.32 Å². The lowest BCUT2D eigenvalue weighted by Crippen LogP contribution is -2.34. The lowest BCUT2D eigenvalue weighted by molar-refractivity contribution is 0.0334. The smallest absolute Gasteiger partial charge is 0.0897 e. The third-order valence-electron chi connectivity index (χ3n) is 2.20. The Morgan fingerprint density at radius 3 is 2.38 bits per heavy atom. The third kappa shape index (κ3) is 11.9. The topological polar surface area (TPSA) is 61.7 Å². The van der Waals surface area contributed by atoms with Gasteiger partial charge in [-0.05, 0) is 25.7 Å². The number of aliphatic hydroxyl groups excluding tert-OH is 2. The van der Waals surface area contributed by atoms with E-state index in [-0.39, 0.29) is 6.10 Å². The molecule has 0 saturated heterocycles. The molecule has 0 fully saturated rings. The first-order chi connectivity index (χ1) is 7.52. The maximum Gasteiger partial charge on any atom is 0.0897 e. The Balaban J connectivity index is 3.20. The zero-order valence-corrected chi connectivity index (χ0v) is 10.8. The third-order valence-corrected chi connectivity index (χ3v) is 2.20. The van der Waals surface area contributed by atoms with Gasteiger partial charge in [0.15, 0.2) is 0 Å². The van der Waals surface area contributed by atoms with Crippen molar-refractivity contribution >= 4 is 0 Å². The molecule has 0 amide bonds. The number of ether oxygens (including phenoxy) is 1. The molecule has 0 rings (SSSR count). The molecule has 0 saturated carbocycles. The highest BCUT2D eigenvalue weighted by atomic mass is 16.5. The maximum atomic E-state index is 9.50. The van der Waals surface area contributed by atoms with Crippen LogP contribution >= 0.6 is 0 Å². The SMILES string of the molecule is CC(C)CCCOCC(O)CNCC(C)O. The number of aliphatic hydroxyl groups is 2. The predicted molar refractivity (Wildman–Crippen MR) is 65.4 cm³/mol. The van der Waals surface area contributed by atoms with E-state index in [4.69, 9.17) is 9.84 Å². The van der Waals surface area contributed by atoms with Crippen molar-refractivity contribution in [2.45, 2.75) is 45.8 Å². The van der Waals surface area contributed by atoms with Crippen molar-refractivity contribution in [2.24, 2.45) is 5.92 Å². The second-order valence-electron chi connectivity index (χ2n) is 4.77. The van der Waals surface area contributed by atoms with Crippen LogP contribution in [0.5, 0.6) is 0 Å². The van der Waals surface area contributed by atoms with Crippen molar-refractivity contribution in [1.29, 1.82) is 0 Å². The lowest BCUT2D eigenvalue weighted by Gasteiger charge is -2.13. The first kappa shape index (κ1) is 15.8. The minimum Gasteiger partial charge on any atom is -0.392 e. The molecule has 0 aromatic rings. The molecule has 4 heteroatoms. The van der Waals surface area contributed by atoms with Crippen molar-refractivity contribution in [3.8, 4) is 0 Å². The molecule has 0 heterocycles. The molecule has 2 atom stereocenters. The number of nitrogens with one attached hydrogen (secondary N) is 1. The Labute approximate surface area is 99.0 Å². The molecule has 98 valence electrons. The Morgan fingerprint density at radius 2 is 1.81 bits per heavy atom. The van der Waals surface area contributed by atoms with Crippen molar-refractivity contribution in [3.05, 3.63) is 0 Å². The van der Waals surface area contributed by atoms with Crippen LogP contribution in [0, 0.1) is 5.92 Å². The maximum absolute atomic E-state index is 9.50. The summed E-state index contributed by atoms with van der Waals surface area (Å²) in [5.41, 5.74) is 0. The van der Waals surface area contributed by atoms with E-state index < -0.39 is 6.10 Å². The molecule has 0 spiro atoms. The first-order valence-corrected chi connectivity index (χ1v) is 6.17. The molecule has 0 radical (unpaired) electrons. The van der Waals surface area contributed by atoms with Gasteiger partial charge in [-0.2, -0.15) is 0 Å². The number of rotatable bonds is 10. The van der Waals surface area contributed by atoms with E-state index in [0.29, 0.717) is 32.2 Å². The van der Waals surface area contributed by atoms with Crippen LogP contribution in [0.4, 0.5) is 0 Å². The normalized spacial score (nSPS) is 15.4. The van der Waals surface area contributed by atoms with E-state index in [1.165, 1.54) is 0 Å². The van der Waals surface area contributed by atoms with Gasteiger partial charge in [-0.25, -0.2) is 0 Å². The van der Waals surface area contributed by atoms with Gasteiger partial charge < -0.3 is 20.3 Å². The molecule has 0 aliphatic rings. The van der Waals surface area contributed by atoms with Crippen molar-refractivity contribution in [2.75, 3.05) is 26.3 Å².